The van der Waals surface area contributed by atoms with Gasteiger partial charge >= 0.3 is 0 Å². The molecular weight excluding hydrogens is 737 g/mol. The first kappa shape index (κ1) is 57.0. The Labute approximate surface area is 376 Å². The highest BCUT2D eigenvalue weighted by molar-refractivity contribution is 5.78. The van der Waals surface area contributed by atoms with Crippen molar-refractivity contribution in [3.8, 4) is 0 Å². The lowest BCUT2D eigenvalue weighted by Gasteiger charge is -2.35. The smallest absolute Gasteiger partial charge is 0.236 e. The molecule has 0 radical (unpaired) electrons. The van der Waals surface area contributed by atoms with Crippen LogP contribution < -0.4 is 0 Å². The fraction of sp³-hybridized carbons (Fsp3) is 0.963. The highest BCUT2D eigenvalue weighted by Crippen LogP contribution is 2.22. The lowest BCUT2D eigenvalue weighted by Crippen LogP contribution is -2.46. The fourth-order valence-electron chi connectivity index (χ4n) is 9.44. The van der Waals surface area contributed by atoms with Crippen LogP contribution in [0.5, 0.6) is 0 Å². The second-order valence-corrected chi connectivity index (χ2v) is 19.4. The Kier molecular flexibility index (Phi) is 42.4. The quantitative estimate of drug-likeness (QED) is 0.0451. The molecule has 0 saturated carbocycles. The summed E-state index contributed by atoms with van der Waals surface area (Å²) in [5, 5.41) is 0. The second-order valence-electron chi connectivity index (χ2n) is 19.4. The Balaban J connectivity index is 2.70. The highest BCUT2D eigenvalue weighted by atomic mass is 16.2. The third-order valence-corrected chi connectivity index (χ3v) is 13.8. The molecule has 0 spiro atoms. The SMILES string of the molecule is CCCCCCCCCN(CCCCCCC=O)CCC1CCN(C(=O)CN(CCCCCCCCC)CCN(CCCCCCCCC)CCCCCCCCC)CC1. The Bertz CT molecular complexity index is 875. The second kappa shape index (κ2) is 44.6. The summed E-state index contributed by atoms with van der Waals surface area (Å²) in [7, 11) is 0. The number of likely N-dealkylation sites (tertiary alicyclic amines) is 1. The van der Waals surface area contributed by atoms with Crippen LogP contribution in [0.3, 0.4) is 0 Å². The summed E-state index contributed by atoms with van der Waals surface area (Å²) in [4.78, 5) is 35.0. The summed E-state index contributed by atoms with van der Waals surface area (Å²) in [6, 6.07) is 0. The predicted molar refractivity (Wildman–Crippen MR) is 264 cm³/mol. The van der Waals surface area contributed by atoms with E-state index in [0.29, 0.717) is 12.5 Å². The molecule has 0 aromatic carbocycles. The van der Waals surface area contributed by atoms with Gasteiger partial charge in [-0.15, -0.1) is 0 Å². The monoisotopic (exact) mass is 845 g/mol. The maximum atomic E-state index is 14.0. The van der Waals surface area contributed by atoms with E-state index in [4.69, 9.17) is 0 Å². The molecule has 0 N–H and O–H groups in total. The van der Waals surface area contributed by atoms with E-state index >= 15 is 0 Å². The summed E-state index contributed by atoms with van der Waals surface area (Å²) in [6.45, 7) is 21.1. The van der Waals surface area contributed by atoms with Crippen molar-refractivity contribution in [3.05, 3.63) is 0 Å². The molecule has 1 rings (SSSR count). The van der Waals surface area contributed by atoms with Crippen LogP contribution >= 0.6 is 0 Å². The average molecular weight is 845 g/mol. The normalized spacial score (nSPS) is 13.8. The molecule has 6 nitrogen and oxygen atoms in total. The molecule has 0 aromatic rings. The molecule has 0 aliphatic carbocycles. The molecule has 60 heavy (non-hydrogen) atoms. The summed E-state index contributed by atoms with van der Waals surface area (Å²) in [5.41, 5.74) is 0. The topological polar surface area (TPSA) is 47.1 Å². The zero-order valence-corrected chi connectivity index (χ0v) is 41.5. The van der Waals surface area contributed by atoms with Gasteiger partial charge < -0.3 is 19.5 Å². The van der Waals surface area contributed by atoms with E-state index in [1.165, 1.54) is 251 Å². The van der Waals surface area contributed by atoms with Gasteiger partial charge in [0.15, 0.2) is 0 Å². The zero-order chi connectivity index (χ0) is 43.4. The molecule has 1 heterocycles. The van der Waals surface area contributed by atoms with E-state index in [9.17, 15) is 9.59 Å². The summed E-state index contributed by atoms with van der Waals surface area (Å²) < 4.78 is 0. The van der Waals surface area contributed by atoms with E-state index < -0.39 is 0 Å². The number of nitrogens with zero attached hydrogens (tertiary/aromatic N) is 4. The van der Waals surface area contributed by atoms with Crippen LogP contribution in [0.2, 0.25) is 0 Å². The van der Waals surface area contributed by atoms with E-state index in [1.54, 1.807) is 0 Å². The minimum absolute atomic E-state index is 0.386. The Hall–Kier alpha value is -0.980. The summed E-state index contributed by atoms with van der Waals surface area (Å²) in [5.74, 6) is 1.13. The molecule has 1 fully saturated rings. The first-order chi connectivity index (χ1) is 29.6. The van der Waals surface area contributed by atoms with Gasteiger partial charge in [-0.05, 0) is 103 Å². The van der Waals surface area contributed by atoms with Gasteiger partial charge in [-0.25, -0.2) is 0 Å². The number of unbranched alkanes of at least 4 members (excludes halogenated alkanes) is 28. The van der Waals surface area contributed by atoms with Crippen LogP contribution in [0.1, 0.15) is 259 Å². The van der Waals surface area contributed by atoms with Crippen LogP contribution in [0.15, 0.2) is 0 Å². The van der Waals surface area contributed by atoms with E-state index in [0.717, 1.165) is 57.8 Å². The van der Waals surface area contributed by atoms with Crippen molar-refractivity contribution in [3.63, 3.8) is 0 Å². The molecule has 0 atom stereocenters. The van der Waals surface area contributed by atoms with E-state index in [2.05, 4.69) is 47.3 Å². The number of carbonyl (C=O) groups is 2. The predicted octanol–water partition coefficient (Wildman–Crippen LogP) is 14.7. The van der Waals surface area contributed by atoms with Gasteiger partial charge in [0.05, 0.1) is 6.54 Å². The molecule has 1 aliphatic rings. The third kappa shape index (κ3) is 35.5. The standard InChI is InChI=1S/C54H108N4O2/c1-5-9-13-17-21-26-32-41-55(42-33-30-25-31-37-51-59)46-38-53-39-47-58(48-40-53)54(60)52-57(45-36-29-24-20-16-12-8-4)50-49-56(43-34-27-22-18-14-10-6-2)44-35-28-23-19-15-11-7-3/h51,53H,5-50,52H2,1-4H3. The number of hydrogen-bond acceptors (Lipinski definition) is 5. The van der Waals surface area contributed by atoms with Gasteiger partial charge in [0.1, 0.15) is 6.29 Å². The fourth-order valence-corrected chi connectivity index (χ4v) is 9.44. The molecule has 1 saturated heterocycles. The minimum Gasteiger partial charge on any atom is -0.342 e. The van der Waals surface area contributed by atoms with Crippen molar-refractivity contribution in [2.45, 2.75) is 259 Å². The van der Waals surface area contributed by atoms with Crippen LogP contribution in [0.25, 0.3) is 0 Å². The zero-order valence-electron chi connectivity index (χ0n) is 41.5. The van der Waals surface area contributed by atoms with Crippen molar-refractivity contribution in [2.24, 2.45) is 5.92 Å². The molecular formula is C54H108N4O2. The number of piperidine rings is 1. The maximum absolute atomic E-state index is 14.0. The number of aldehydes is 1. The molecule has 356 valence electrons. The van der Waals surface area contributed by atoms with Crippen LogP contribution in [-0.2, 0) is 9.59 Å². The highest BCUT2D eigenvalue weighted by Gasteiger charge is 2.25. The van der Waals surface area contributed by atoms with Crippen molar-refractivity contribution in [1.82, 2.24) is 19.6 Å². The van der Waals surface area contributed by atoms with E-state index in [-0.39, 0.29) is 0 Å². The first-order valence-corrected chi connectivity index (χ1v) is 27.5. The first-order valence-electron chi connectivity index (χ1n) is 27.5. The lowest BCUT2D eigenvalue weighted by atomic mass is 9.93. The van der Waals surface area contributed by atoms with Gasteiger partial charge in [-0.2, -0.15) is 0 Å². The largest absolute Gasteiger partial charge is 0.342 e. The van der Waals surface area contributed by atoms with Gasteiger partial charge in [0, 0.05) is 32.6 Å². The van der Waals surface area contributed by atoms with Gasteiger partial charge in [0.2, 0.25) is 5.91 Å². The maximum Gasteiger partial charge on any atom is 0.236 e. The third-order valence-electron chi connectivity index (χ3n) is 13.8. The van der Waals surface area contributed by atoms with Crippen molar-refractivity contribution < 1.29 is 9.59 Å². The molecule has 0 aromatic heterocycles. The number of rotatable bonds is 47. The van der Waals surface area contributed by atoms with Crippen molar-refractivity contribution in [2.75, 3.05) is 72.0 Å². The number of carbonyl (C=O) groups excluding carboxylic acids is 2. The molecule has 1 aliphatic heterocycles. The Morgan fingerprint density at radius 1 is 0.417 bits per heavy atom. The molecule has 0 unspecified atom stereocenters. The van der Waals surface area contributed by atoms with Crippen molar-refractivity contribution >= 4 is 12.2 Å². The Morgan fingerprint density at radius 2 is 0.733 bits per heavy atom. The van der Waals surface area contributed by atoms with Crippen LogP contribution in [0, 0.1) is 5.92 Å². The molecule has 1 amide bonds. The van der Waals surface area contributed by atoms with Gasteiger partial charge in [-0.3, -0.25) is 9.69 Å². The Morgan fingerprint density at radius 3 is 1.12 bits per heavy atom. The van der Waals surface area contributed by atoms with Crippen LogP contribution in [-0.4, -0.2) is 104 Å². The number of hydrogen-bond donors (Lipinski definition) is 0. The van der Waals surface area contributed by atoms with E-state index in [1.807, 2.05) is 0 Å². The minimum atomic E-state index is 0.386. The van der Waals surface area contributed by atoms with Crippen molar-refractivity contribution in [1.29, 1.82) is 0 Å². The lowest BCUT2D eigenvalue weighted by molar-refractivity contribution is -0.134. The molecule has 6 heteroatoms. The molecule has 0 bridgehead atoms. The number of amides is 1. The summed E-state index contributed by atoms with van der Waals surface area (Å²) >= 11 is 0. The van der Waals surface area contributed by atoms with Gasteiger partial charge in [-0.1, -0.05) is 195 Å². The summed E-state index contributed by atoms with van der Waals surface area (Å²) in [6.07, 6.45) is 48.3. The van der Waals surface area contributed by atoms with Crippen LogP contribution in [0.4, 0.5) is 0 Å². The average Bonchev–Trinajstić information content (AvgIpc) is 3.26. The van der Waals surface area contributed by atoms with Gasteiger partial charge in [0.25, 0.3) is 0 Å².